The Morgan fingerprint density at radius 3 is 2.57 bits per heavy atom. The zero-order chi connectivity index (χ0) is 19.8. The molecule has 1 aromatic heterocycles. The van der Waals surface area contributed by atoms with Gasteiger partial charge in [-0.05, 0) is 48.5 Å². The first kappa shape index (κ1) is 19.1. The molecule has 0 aliphatic heterocycles. The van der Waals surface area contributed by atoms with Gasteiger partial charge in [0.05, 0.1) is 18.9 Å². The van der Waals surface area contributed by atoms with Crippen LogP contribution in [0.1, 0.15) is 27.2 Å². The Bertz CT molecular complexity index is 989. The molecule has 0 bridgehead atoms. The summed E-state index contributed by atoms with van der Waals surface area (Å²) >= 11 is 0. The molecule has 0 amide bonds. The van der Waals surface area contributed by atoms with E-state index in [2.05, 4.69) is 18.4 Å². The number of benzene rings is 2. The Kier molecular flexibility index (Phi) is 6.33. The third-order valence-electron chi connectivity index (χ3n) is 4.08. The molecule has 0 fully saturated rings. The zero-order valence-electron chi connectivity index (χ0n) is 15.6. The Morgan fingerprint density at radius 1 is 1.11 bits per heavy atom. The van der Waals surface area contributed by atoms with Crippen molar-refractivity contribution in [2.24, 2.45) is 0 Å². The second-order valence-corrected chi connectivity index (χ2v) is 5.99. The summed E-state index contributed by atoms with van der Waals surface area (Å²) in [7, 11) is 1.62. The first-order chi connectivity index (χ1) is 13.7. The first-order valence-corrected chi connectivity index (χ1v) is 8.80. The molecule has 3 aromatic rings. The molecule has 0 saturated heterocycles. The van der Waals surface area contributed by atoms with Gasteiger partial charge in [-0.15, -0.1) is 0 Å². The third kappa shape index (κ3) is 4.93. The largest absolute Gasteiger partial charge is 0.497 e. The number of furan rings is 1. The molecule has 0 spiro atoms. The number of ether oxygens (including phenoxy) is 2. The topological polar surface area (TPSA) is 48.7 Å². The Hall–Kier alpha value is -3.71. The summed E-state index contributed by atoms with van der Waals surface area (Å²) in [4.78, 5) is 12.7. The van der Waals surface area contributed by atoms with Gasteiger partial charge in [0, 0.05) is 17.5 Å². The average molecular weight is 372 g/mol. The molecule has 0 N–H and O–H groups in total. The molecular weight excluding hydrogens is 352 g/mol. The monoisotopic (exact) mass is 372 g/mol. The van der Waals surface area contributed by atoms with Crippen LogP contribution >= 0.6 is 0 Å². The fourth-order valence-corrected chi connectivity index (χ4v) is 2.59. The van der Waals surface area contributed by atoms with Crippen LogP contribution < -0.4 is 4.74 Å². The standard InChI is InChI=1S/C24H20O4/c1-3-20(17-22-8-6-16-27-22)28-24(25)23-9-5-4-7-19(23)13-10-18-11-14-21(26-2)15-12-18/h3-9,11-12,14-16,20H,1,17H2,2H3. The van der Waals surface area contributed by atoms with Gasteiger partial charge in [0.2, 0.25) is 0 Å². The Labute approximate surface area is 164 Å². The lowest BCUT2D eigenvalue weighted by Gasteiger charge is -2.13. The Morgan fingerprint density at radius 2 is 1.89 bits per heavy atom. The number of hydrogen-bond acceptors (Lipinski definition) is 4. The summed E-state index contributed by atoms with van der Waals surface area (Å²) in [5.74, 6) is 7.16. The first-order valence-electron chi connectivity index (χ1n) is 8.80. The van der Waals surface area contributed by atoms with Crippen LogP contribution in [0.5, 0.6) is 5.75 Å². The van der Waals surface area contributed by atoms with Gasteiger partial charge in [0.1, 0.15) is 17.6 Å². The van der Waals surface area contributed by atoms with Crippen molar-refractivity contribution in [3.63, 3.8) is 0 Å². The third-order valence-corrected chi connectivity index (χ3v) is 4.08. The van der Waals surface area contributed by atoms with Crippen molar-refractivity contribution in [2.75, 3.05) is 7.11 Å². The van der Waals surface area contributed by atoms with Gasteiger partial charge >= 0.3 is 5.97 Å². The van der Waals surface area contributed by atoms with Gasteiger partial charge in [0.15, 0.2) is 0 Å². The summed E-state index contributed by atoms with van der Waals surface area (Å²) < 4.78 is 16.0. The number of hydrogen-bond donors (Lipinski definition) is 0. The van der Waals surface area contributed by atoms with E-state index in [4.69, 9.17) is 13.9 Å². The van der Waals surface area contributed by atoms with Crippen LogP contribution in [-0.4, -0.2) is 19.2 Å². The van der Waals surface area contributed by atoms with Crippen LogP contribution in [0.3, 0.4) is 0 Å². The second kappa shape index (κ2) is 9.29. The lowest BCUT2D eigenvalue weighted by Crippen LogP contribution is -2.19. The fourth-order valence-electron chi connectivity index (χ4n) is 2.59. The minimum absolute atomic E-state index is 0.412. The number of methoxy groups -OCH3 is 1. The van der Waals surface area contributed by atoms with E-state index in [1.54, 1.807) is 43.7 Å². The van der Waals surface area contributed by atoms with Gasteiger partial charge in [-0.25, -0.2) is 4.79 Å². The summed E-state index contributed by atoms with van der Waals surface area (Å²) in [6.07, 6.45) is 3.12. The lowest BCUT2D eigenvalue weighted by molar-refractivity contribution is 0.0388. The molecule has 0 aliphatic carbocycles. The molecule has 1 unspecified atom stereocenters. The molecule has 3 rings (SSSR count). The van der Waals surface area contributed by atoms with E-state index < -0.39 is 12.1 Å². The SMILES string of the molecule is C=CC(Cc1ccco1)OC(=O)c1ccccc1C#Cc1ccc(OC)cc1. The minimum atomic E-state index is -0.485. The molecule has 4 nitrogen and oxygen atoms in total. The van der Waals surface area contributed by atoms with Gasteiger partial charge in [0.25, 0.3) is 0 Å². The average Bonchev–Trinajstić information content (AvgIpc) is 3.25. The van der Waals surface area contributed by atoms with Crippen molar-refractivity contribution in [3.8, 4) is 17.6 Å². The minimum Gasteiger partial charge on any atom is -0.497 e. The maximum atomic E-state index is 12.7. The highest BCUT2D eigenvalue weighted by Gasteiger charge is 2.17. The van der Waals surface area contributed by atoms with Crippen LogP contribution in [0, 0.1) is 11.8 Å². The van der Waals surface area contributed by atoms with Crippen LogP contribution in [0.2, 0.25) is 0 Å². The van der Waals surface area contributed by atoms with Crippen molar-refractivity contribution in [1.29, 1.82) is 0 Å². The fraction of sp³-hybridized carbons (Fsp3) is 0.125. The quantitative estimate of drug-likeness (QED) is 0.359. The summed E-state index contributed by atoms with van der Waals surface area (Å²) in [5.41, 5.74) is 1.84. The molecule has 1 atom stereocenters. The summed E-state index contributed by atoms with van der Waals surface area (Å²) in [5, 5.41) is 0. The maximum absolute atomic E-state index is 12.7. The van der Waals surface area contributed by atoms with E-state index >= 15 is 0 Å². The molecule has 0 saturated carbocycles. The van der Waals surface area contributed by atoms with Crippen LogP contribution in [-0.2, 0) is 11.2 Å². The zero-order valence-corrected chi connectivity index (χ0v) is 15.6. The maximum Gasteiger partial charge on any atom is 0.340 e. The molecule has 0 aliphatic rings. The van der Waals surface area contributed by atoms with Crippen LogP contribution in [0.4, 0.5) is 0 Å². The van der Waals surface area contributed by atoms with E-state index in [1.807, 2.05) is 36.4 Å². The highest BCUT2D eigenvalue weighted by molar-refractivity contribution is 5.92. The molecule has 140 valence electrons. The molecule has 4 heteroatoms. The van der Waals surface area contributed by atoms with Gasteiger partial charge in [-0.1, -0.05) is 36.6 Å². The van der Waals surface area contributed by atoms with Gasteiger partial charge in [-0.2, -0.15) is 0 Å². The van der Waals surface area contributed by atoms with E-state index in [0.717, 1.165) is 17.1 Å². The Balaban J connectivity index is 1.76. The number of rotatable bonds is 6. The second-order valence-electron chi connectivity index (χ2n) is 5.99. The molecule has 28 heavy (non-hydrogen) atoms. The van der Waals surface area contributed by atoms with Crippen molar-refractivity contribution in [2.45, 2.75) is 12.5 Å². The number of carbonyl (C=O) groups excluding carboxylic acids is 1. The summed E-state index contributed by atoms with van der Waals surface area (Å²) in [6.45, 7) is 3.74. The van der Waals surface area contributed by atoms with E-state index in [1.165, 1.54) is 0 Å². The molecule has 2 aromatic carbocycles. The number of esters is 1. The molecular formula is C24H20O4. The van der Waals surface area contributed by atoms with Crippen LogP contribution in [0.15, 0.2) is 84.0 Å². The van der Waals surface area contributed by atoms with Crippen LogP contribution in [0.25, 0.3) is 0 Å². The lowest BCUT2D eigenvalue weighted by atomic mass is 10.1. The van der Waals surface area contributed by atoms with Gasteiger partial charge < -0.3 is 13.9 Å². The predicted molar refractivity (Wildman–Crippen MR) is 107 cm³/mol. The number of carbonyl (C=O) groups is 1. The summed E-state index contributed by atoms with van der Waals surface area (Å²) in [6, 6.07) is 18.2. The smallest absolute Gasteiger partial charge is 0.340 e. The van der Waals surface area contributed by atoms with Crippen molar-refractivity contribution in [3.05, 3.63) is 102 Å². The van der Waals surface area contributed by atoms with E-state index in [9.17, 15) is 4.79 Å². The van der Waals surface area contributed by atoms with Crippen molar-refractivity contribution in [1.82, 2.24) is 0 Å². The molecule has 0 radical (unpaired) electrons. The van der Waals surface area contributed by atoms with E-state index in [-0.39, 0.29) is 0 Å². The van der Waals surface area contributed by atoms with Crippen molar-refractivity contribution < 1.29 is 18.7 Å². The van der Waals surface area contributed by atoms with Gasteiger partial charge in [-0.3, -0.25) is 0 Å². The van der Waals surface area contributed by atoms with E-state index in [0.29, 0.717) is 17.5 Å². The predicted octanol–water partition coefficient (Wildman–Crippen LogP) is 4.64. The van der Waals surface area contributed by atoms with Crippen molar-refractivity contribution >= 4 is 5.97 Å². The normalized spacial score (nSPS) is 11.0. The highest BCUT2D eigenvalue weighted by Crippen LogP contribution is 2.15. The molecule has 1 heterocycles. The highest BCUT2D eigenvalue weighted by atomic mass is 16.5.